The van der Waals surface area contributed by atoms with Gasteiger partial charge in [0.2, 0.25) is 0 Å². The van der Waals surface area contributed by atoms with Crippen LogP contribution in [0.4, 0.5) is 4.79 Å². The number of hydrogen-bond donors (Lipinski definition) is 1. The summed E-state index contributed by atoms with van der Waals surface area (Å²) < 4.78 is 4.96. The summed E-state index contributed by atoms with van der Waals surface area (Å²) in [5.74, 6) is 0.289. The van der Waals surface area contributed by atoms with Crippen molar-refractivity contribution >= 4 is 11.9 Å². The molecule has 1 heterocycles. The van der Waals surface area contributed by atoms with Crippen LogP contribution in [0.15, 0.2) is 0 Å². The molecule has 0 aromatic heterocycles. The van der Waals surface area contributed by atoms with E-state index in [-0.39, 0.29) is 24.1 Å². The second kappa shape index (κ2) is 3.13. The second-order valence-electron chi connectivity index (χ2n) is 3.13. The van der Waals surface area contributed by atoms with Gasteiger partial charge in [0.25, 0.3) is 0 Å². The molecule has 1 aliphatic heterocycles. The number of nitrogens with zero attached hydrogens (tertiary/aromatic N) is 1. The smallest absolute Gasteiger partial charge is 0.416 e. The summed E-state index contributed by atoms with van der Waals surface area (Å²) in [6, 6.07) is 0.0153. The van der Waals surface area contributed by atoms with E-state index >= 15 is 0 Å². The molecule has 1 unspecified atom stereocenters. The van der Waals surface area contributed by atoms with E-state index in [1.54, 1.807) is 0 Å². The van der Waals surface area contributed by atoms with Crippen LogP contribution in [-0.4, -0.2) is 29.0 Å². The Morgan fingerprint density at radius 3 is 2.50 bits per heavy atom. The summed E-state index contributed by atoms with van der Waals surface area (Å²) in [5, 5.41) is 7.60. The number of carbonyl (C=O) groups is 1. The normalized spacial score (nSPS) is 23.7. The van der Waals surface area contributed by atoms with E-state index in [1.807, 2.05) is 20.8 Å². The summed E-state index contributed by atoms with van der Waals surface area (Å²) >= 11 is 0. The largest absolute Gasteiger partial charge is 0.438 e. The van der Waals surface area contributed by atoms with Crippen LogP contribution < -0.4 is 0 Å². The Hall–Kier alpha value is -1.06. The quantitative estimate of drug-likeness (QED) is 0.684. The number of amidine groups is 1. The minimum Gasteiger partial charge on any atom is -0.438 e. The summed E-state index contributed by atoms with van der Waals surface area (Å²) in [6.45, 7) is 5.64. The number of nitrogens with one attached hydrogen (secondary N) is 1. The van der Waals surface area contributed by atoms with Crippen LogP contribution >= 0.6 is 0 Å². The van der Waals surface area contributed by atoms with Crippen molar-refractivity contribution in [3.05, 3.63) is 0 Å². The molecule has 1 atom stereocenters. The number of cyclic esters (lactones) is 1. The molecule has 1 saturated heterocycles. The van der Waals surface area contributed by atoms with Gasteiger partial charge in [0.15, 0.2) is 6.10 Å². The van der Waals surface area contributed by atoms with E-state index in [0.29, 0.717) is 6.42 Å². The van der Waals surface area contributed by atoms with Gasteiger partial charge >= 0.3 is 6.09 Å². The van der Waals surface area contributed by atoms with Crippen molar-refractivity contribution in [2.45, 2.75) is 39.3 Å². The lowest BCUT2D eigenvalue weighted by atomic mass is 10.2. The first-order valence-electron chi connectivity index (χ1n) is 4.16. The highest BCUT2D eigenvalue weighted by molar-refractivity contribution is 6.01. The monoisotopic (exact) mass is 170 g/mol. The van der Waals surface area contributed by atoms with Crippen molar-refractivity contribution in [3.8, 4) is 0 Å². The van der Waals surface area contributed by atoms with Gasteiger partial charge in [0.05, 0.1) is 0 Å². The third-order valence-corrected chi connectivity index (χ3v) is 1.89. The van der Waals surface area contributed by atoms with Gasteiger partial charge in [-0.2, -0.15) is 0 Å². The average molecular weight is 170 g/mol. The van der Waals surface area contributed by atoms with E-state index in [4.69, 9.17) is 10.1 Å². The van der Waals surface area contributed by atoms with E-state index in [9.17, 15) is 4.79 Å². The molecule has 0 spiro atoms. The zero-order valence-electron chi connectivity index (χ0n) is 7.63. The Kier molecular flexibility index (Phi) is 2.35. The van der Waals surface area contributed by atoms with Crippen LogP contribution in [0.2, 0.25) is 0 Å². The highest BCUT2D eigenvalue weighted by atomic mass is 16.6. The molecule has 68 valence electrons. The molecule has 0 radical (unpaired) electrons. The van der Waals surface area contributed by atoms with Gasteiger partial charge < -0.3 is 4.74 Å². The van der Waals surface area contributed by atoms with Gasteiger partial charge in [-0.05, 0) is 20.3 Å². The molecule has 0 bridgehead atoms. The lowest BCUT2D eigenvalue weighted by Gasteiger charge is -2.17. The van der Waals surface area contributed by atoms with Crippen LogP contribution in [0.5, 0.6) is 0 Å². The molecule has 0 aromatic carbocycles. The van der Waals surface area contributed by atoms with Crippen molar-refractivity contribution in [2.24, 2.45) is 0 Å². The molecule has 0 aromatic rings. The van der Waals surface area contributed by atoms with Crippen LogP contribution in [-0.2, 0) is 4.74 Å². The third-order valence-electron chi connectivity index (χ3n) is 1.89. The van der Waals surface area contributed by atoms with E-state index in [0.717, 1.165) is 0 Å². The van der Waals surface area contributed by atoms with Crippen LogP contribution in [0, 0.1) is 5.41 Å². The van der Waals surface area contributed by atoms with E-state index in [1.165, 1.54) is 4.90 Å². The predicted molar refractivity (Wildman–Crippen MR) is 45.3 cm³/mol. The molecule has 1 aliphatic rings. The maximum absolute atomic E-state index is 11.2. The number of carbonyl (C=O) groups excluding carboxylic acids is 1. The van der Waals surface area contributed by atoms with Crippen molar-refractivity contribution in [1.82, 2.24) is 4.90 Å². The molecule has 0 saturated carbocycles. The molecule has 1 N–H and O–H groups in total. The number of rotatable bonds is 2. The fourth-order valence-electron chi connectivity index (χ4n) is 1.25. The number of amides is 1. The average Bonchev–Trinajstić information content (AvgIpc) is 2.25. The molecule has 12 heavy (non-hydrogen) atoms. The van der Waals surface area contributed by atoms with Crippen molar-refractivity contribution in [2.75, 3.05) is 0 Å². The van der Waals surface area contributed by atoms with Crippen molar-refractivity contribution in [3.63, 3.8) is 0 Å². The summed E-state index contributed by atoms with van der Waals surface area (Å²) in [5.41, 5.74) is 0. The van der Waals surface area contributed by atoms with Gasteiger partial charge in [-0.25, -0.2) is 4.79 Å². The number of ether oxygens (including phenoxy) is 1. The maximum Gasteiger partial charge on any atom is 0.416 e. The fraction of sp³-hybridized carbons (Fsp3) is 0.750. The maximum atomic E-state index is 11.2. The number of hydrogen-bond acceptors (Lipinski definition) is 3. The second-order valence-corrected chi connectivity index (χ2v) is 3.13. The zero-order valence-corrected chi connectivity index (χ0v) is 7.63. The third kappa shape index (κ3) is 1.29. The Labute approximate surface area is 72.0 Å². The molecule has 0 aliphatic carbocycles. The van der Waals surface area contributed by atoms with Crippen molar-refractivity contribution in [1.29, 1.82) is 5.41 Å². The SMILES string of the molecule is CCC1OC(=O)N(C(C)C)C1=N. The van der Waals surface area contributed by atoms with Gasteiger partial charge in [-0.15, -0.1) is 0 Å². The Balaban J connectivity index is 2.77. The standard InChI is InChI=1S/C8H14N2O2/c1-4-6-7(9)10(5(2)3)8(11)12-6/h5-6,9H,4H2,1-3H3. The summed E-state index contributed by atoms with van der Waals surface area (Å²) in [4.78, 5) is 12.5. The topological polar surface area (TPSA) is 53.4 Å². The highest BCUT2D eigenvalue weighted by Crippen LogP contribution is 2.18. The molecule has 1 rings (SSSR count). The molecular weight excluding hydrogens is 156 g/mol. The Morgan fingerprint density at radius 2 is 2.25 bits per heavy atom. The molecule has 1 fully saturated rings. The highest BCUT2D eigenvalue weighted by Gasteiger charge is 2.37. The van der Waals surface area contributed by atoms with Gasteiger partial charge in [-0.1, -0.05) is 6.92 Å². The first-order valence-corrected chi connectivity index (χ1v) is 4.16. The van der Waals surface area contributed by atoms with Gasteiger partial charge in [0.1, 0.15) is 5.84 Å². The molecule has 1 amide bonds. The Bertz CT molecular complexity index is 213. The van der Waals surface area contributed by atoms with Gasteiger partial charge in [0, 0.05) is 6.04 Å². The van der Waals surface area contributed by atoms with E-state index in [2.05, 4.69) is 0 Å². The Morgan fingerprint density at radius 1 is 1.67 bits per heavy atom. The molecule has 4 heteroatoms. The molecular formula is C8H14N2O2. The lowest BCUT2D eigenvalue weighted by Crippen LogP contribution is -2.36. The minimum atomic E-state index is -0.387. The lowest BCUT2D eigenvalue weighted by molar-refractivity contribution is 0.129. The van der Waals surface area contributed by atoms with Crippen LogP contribution in [0.25, 0.3) is 0 Å². The van der Waals surface area contributed by atoms with Gasteiger partial charge in [-0.3, -0.25) is 10.3 Å². The van der Waals surface area contributed by atoms with Crippen LogP contribution in [0.3, 0.4) is 0 Å². The first kappa shape index (κ1) is 9.03. The zero-order chi connectivity index (χ0) is 9.30. The van der Waals surface area contributed by atoms with E-state index < -0.39 is 0 Å². The summed E-state index contributed by atoms with van der Waals surface area (Å²) in [6.07, 6.45) is -0.0462. The predicted octanol–water partition coefficient (Wildman–Crippen LogP) is 1.60. The fourth-order valence-corrected chi connectivity index (χ4v) is 1.25. The molecule has 4 nitrogen and oxygen atoms in total. The first-order chi connectivity index (χ1) is 5.57. The van der Waals surface area contributed by atoms with Crippen LogP contribution in [0.1, 0.15) is 27.2 Å². The van der Waals surface area contributed by atoms with Crippen molar-refractivity contribution < 1.29 is 9.53 Å². The minimum absolute atomic E-state index is 0.0153. The summed E-state index contributed by atoms with van der Waals surface area (Å²) in [7, 11) is 0.